The van der Waals surface area contributed by atoms with Crippen LogP contribution >= 0.6 is 39.7 Å². The van der Waals surface area contributed by atoms with Crippen molar-refractivity contribution in [3.8, 4) is 5.69 Å². The zero-order valence-electron chi connectivity index (χ0n) is 8.63. The molecule has 0 aliphatic heterocycles. The Balaban J connectivity index is 2.67. The van der Waals surface area contributed by atoms with Crippen LogP contribution in [0.3, 0.4) is 0 Å². The molecule has 0 atom stereocenters. The molecule has 0 spiro atoms. The number of halogens is 2. The van der Waals surface area contributed by atoms with Crippen LogP contribution in [0.2, 0.25) is 5.02 Å². The molecule has 0 aliphatic rings. The van der Waals surface area contributed by atoms with Crippen molar-refractivity contribution < 1.29 is 0 Å². The summed E-state index contributed by atoms with van der Waals surface area (Å²) >= 11 is 14.7. The smallest absolute Gasteiger partial charge is 0.182 e. The lowest BCUT2D eigenvalue weighted by molar-refractivity contribution is 0.918. The first kappa shape index (κ1) is 11.9. The van der Waals surface area contributed by atoms with Gasteiger partial charge in [0.25, 0.3) is 0 Å². The number of imidazole rings is 1. The highest BCUT2D eigenvalue weighted by atomic mass is 79.9. The first-order chi connectivity index (χ1) is 7.63. The summed E-state index contributed by atoms with van der Waals surface area (Å²) in [5.74, 6) is 0. The van der Waals surface area contributed by atoms with Crippen molar-refractivity contribution in [2.24, 2.45) is 0 Å². The summed E-state index contributed by atoms with van der Waals surface area (Å²) in [6, 6.07) is 5.68. The van der Waals surface area contributed by atoms with Crippen molar-refractivity contribution in [1.82, 2.24) is 9.55 Å². The number of hydrogen-bond acceptors (Lipinski definition) is 1. The van der Waals surface area contributed by atoms with Crippen LogP contribution in [0.4, 0.5) is 0 Å². The Morgan fingerprint density at radius 3 is 2.88 bits per heavy atom. The molecule has 0 saturated carbocycles. The summed E-state index contributed by atoms with van der Waals surface area (Å²) in [6.45, 7) is 2.10. The van der Waals surface area contributed by atoms with Gasteiger partial charge >= 0.3 is 0 Å². The number of benzene rings is 1. The number of nitrogens with one attached hydrogen (secondary N) is 1. The van der Waals surface area contributed by atoms with Gasteiger partial charge in [-0.2, -0.15) is 0 Å². The van der Waals surface area contributed by atoms with E-state index in [9.17, 15) is 0 Å². The molecule has 1 N–H and O–H groups in total. The van der Waals surface area contributed by atoms with E-state index >= 15 is 0 Å². The van der Waals surface area contributed by atoms with Gasteiger partial charge in [0.1, 0.15) is 0 Å². The van der Waals surface area contributed by atoms with Crippen LogP contribution in [0.5, 0.6) is 0 Å². The molecular formula is C11H10BrClN2S. The highest BCUT2D eigenvalue weighted by Crippen LogP contribution is 2.26. The van der Waals surface area contributed by atoms with Gasteiger partial charge in [-0.3, -0.25) is 4.57 Å². The molecule has 1 heterocycles. The molecule has 84 valence electrons. The molecule has 0 fully saturated rings. The number of aromatic nitrogens is 2. The van der Waals surface area contributed by atoms with Gasteiger partial charge in [0, 0.05) is 21.4 Å². The molecule has 2 nitrogen and oxygen atoms in total. The molecule has 1 aromatic carbocycles. The van der Waals surface area contributed by atoms with Gasteiger partial charge in [-0.1, -0.05) is 18.5 Å². The molecule has 0 radical (unpaired) electrons. The fourth-order valence-electron chi connectivity index (χ4n) is 1.59. The Hall–Kier alpha value is -0.580. The quantitative estimate of drug-likeness (QED) is 0.808. The molecule has 2 rings (SSSR count). The Bertz CT molecular complexity index is 574. The Morgan fingerprint density at radius 2 is 2.25 bits per heavy atom. The summed E-state index contributed by atoms with van der Waals surface area (Å²) < 4.78 is 3.64. The van der Waals surface area contributed by atoms with E-state index in [1.807, 2.05) is 29.0 Å². The van der Waals surface area contributed by atoms with E-state index in [-0.39, 0.29) is 0 Å². The number of rotatable bonds is 2. The van der Waals surface area contributed by atoms with Gasteiger partial charge in [-0.15, -0.1) is 0 Å². The Labute approximate surface area is 112 Å². The van der Waals surface area contributed by atoms with Crippen LogP contribution in [0.1, 0.15) is 12.6 Å². The average molecular weight is 318 g/mol. The monoisotopic (exact) mass is 316 g/mol. The van der Waals surface area contributed by atoms with Crippen LogP contribution in [0.15, 0.2) is 28.9 Å². The molecule has 0 amide bonds. The minimum Gasteiger partial charge on any atom is -0.337 e. The van der Waals surface area contributed by atoms with E-state index in [0.29, 0.717) is 9.79 Å². The first-order valence-corrected chi connectivity index (χ1v) is 6.46. The largest absolute Gasteiger partial charge is 0.337 e. The molecule has 2 aromatic rings. The van der Waals surface area contributed by atoms with Crippen molar-refractivity contribution >= 4 is 39.7 Å². The predicted octanol–water partition coefficient (Wildman–Crippen LogP) is 4.51. The second-order valence-electron chi connectivity index (χ2n) is 3.37. The van der Waals surface area contributed by atoms with Gasteiger partial charge in [-0.25, -0.2) is 0 Å². The maximum Gasteiger partial charge on any atom is 0.182 e. The zero-order chi connectivity index (χ0) is 11.7. The van der Waals surface area contributed by atoms with Crippen molar-refractivity contribution in [2.75, 3.05) is 0 Å². The lowest BCUT2D eigenvalue weighted by Crippen LogP contribution is -2.00. The van der Waals surface area contributed by atoms with E-state index in [4.69, 9.17) is 23.8 Å². The standard InChI is InChI=1S/C11H10BrClN2S/c1-2-8-6-14-11(16)15(8)10-4-3-7(13)5-9(10)12/h3-6H,2H2,1H3,(H,14,16). The van der Waals surface area contributed by atoms with Gasteiger partial charge in [0.2, 0.25) is 0 Å². The Kier molecular flexibility index (Phi) is 3.52. The zero-order valence-corrected chi connectivity index (χ0v) is 11.8. The third-order valence-electron chi connectivity index (χ3n) is 2.37. The van der Waals surface area contributed by atoms with Crippen LogP contribution < -0.4 is 0 Å². The van der Waals surface area contributed by atoms with Gasteiger partial charge in [-0.05, 0) is 52.8 Å². The molecule has 1 aromatic heterocycles. The maximum atomic E-state index is 5.92. The number of nitrogens with zero attached hydrogens (tertiary/aromatic N) is 1. The summed E-state index contributed by atoms with van der Waals surface area (Å²) in [7, 11) is 0. The van der Waals surface area contributed by atoms with Gasteiger partial charge < -0.3 is 4.98 Å². The molecule has 0 unspecified atom stereocenters. The molecule has 0 bridgehead atoms. The lowest BCUT2D eigenvalue weighted by atomic mass is 10.3. The van der Waals surface area contributed by atoms with E-state index in [2.05, 4.69) is 27.8 Å². The van der Waals surface area contributed by atoms with Crippen LogP contribution in [-0.4, -0.2) is 9.55 Å². The SMILES string of the molecule is CCc1c[nH]c(=S)n1-c1ccc(Cl)cc1Br. The van der Waals surface area contributed by atoms with Crippen LogP contribution in [0.25, 0.3) is 5.69 Å². The van der Waals surface area contributed by atoms with E-state index in [0.717, 1.165) is 22.3 Å². The third kappa shape index (κ3) is 2.10. The van der Waals surface area contributed by atoms with Crippen molar-refractivity contribution in [1.29, 1.82) is 0 Å². The first-order valence-electron chi connectivity index (χ1n) is 4.88. The van der Waals surface area contributed by atoms with Gasteiger partial charge in [0.05, 0.1) is 5.69 Å². The van der Waals surface area contributed by atoms with Gasteiger partial charge in [0.15, 0.2) is 4.77 Å². The topological polar surface area (TPSA) is 20.7 Å². The van der Waals surface area contributed by atoms with Crippen LogP contribution in [-0.2, 0) is 6.42 Å². The minimum atomic E-state index is 0.694. The second kappa shape index (κ2) is 4.73. The van der Waals surface area contributed by atoms with Crippen molar-refractivity contribution in [3.63, 3.8) is 0 Å². The number of aryl methyl sites for hydroxylation is 1. The highest BCUT2D eigenvalue weighted by Gasteiger charge is 2.08. The Morgan fingerprint density at radius 1 is 1.50 bits per heavy atom. The van der Waals surface area contributed by atoms with Crippen molar-refractivity contribution in [2.45, 2.75) is 13.3 Å². The van der Waals surface area contributed by atoms with Crippen LogP contribution in [0, 0.1) is 4.77 Å². The average Bonchev–Trinajstić information content (AvgIpc) is 2.60. The maximum absolute atomic E-state index is 5.92. The summed E-state index contributed by atoms with van der Waals surface area (Å²) in [6.07, 6.45) is 2.85. The third-order valence-corrected chi connectivity index (χ3v) is 3.54. The molecule has 0 aliphatic carbocycles. The highest BCUT2D eigenvalue weighted by molar-refractivity contribution is 9.10. The molecular weight excluding hydrogens is 308 g/mol. The molecule has 5 heteroatoms. The number of aromatic amines is 1. The number of H-pyrrole nitrogens is 1. The minimum absolute atomic E-state index is 0.694. The normalized spacial score (nSPS) is 10.7. The summed E-state index contributed by atoms with van der Waals surface area (Å²) in [5, 5.41) is 0.704. The van der Waals surface area contributed by atoms with E-state index in [1.54, 1.807) is 0 Å². The predicted molar refractivity (Wildman–Crippen MR) is 73.0 cm³/mol. The van der Waals surface area contributed by atoms with E-state index < -0.39 is 0 Å². The van der Waals surface area contributed by atoms with E-state index in [1.165, 1.54) is 0 Å². The summed E-state index contributed by atoms with van der Waals surface area (Å²) in [4.78, 5) is 3.05. The molecule has 0 saturated heterocycles. The fraction of sp³-hybridized carbons (Fsp3) is 0.182. The lowest BCUT2D eigenvalue weighted by Gasteiger charge is -2.09. The van der Waals surface area contributed by atoms with Crippen molar-refractivity contribution in [3.05, 3.63) is 44.4 Å². The summed E-state index contributed by atoms with van der Waals surface area (Å²) in [5.41, 5.74) is 2.15. The fourth-order valence-corrected chi connectivity index (χ4v) is 2.73. The number of hydrogen-bond donors (Lipinski definition) is 1. The molecule has 16 heavy (non-hydrogen) atoms. The second-order valence-corrected chi connectivity index (χ2v) is 5.05.